The Balaban J connectivity index is 2.10. The van der Waals surface area contributed by atoms with E-state index in [0.717, 1.165) is 11.1 Å². The van der Waals surface area contributed by atoms with E-state index in [1.54, 1.807) is 36.4 Å². The van der Waals surface area contributed by atoms with Crippen molar-refractivity contribution in [2.45, 2.75) is 24.4 Å². The molecule has 0 fully saturated rings. The molecule has 0 unspecified atom stereocenters. The molecule has 2 aromatic rings. The van der Waals surface area contributed by atoms with Gasteiger partial charge in [-0.1, -0.05) is 24.3 Å². The number of aromatic hydroxyl groups is 1. The summed E-state index contributed by atoms with van der Waals surface area (Å²) in [6.07, 6.45) is 0. The fourth-order valence-electron chi connectivity index (χ4n) is 2.12. The number of nitrogens with one attached hydrogen (secondary N) is 2. The van der Waals surface area contributed by atoms with Crippen molar-refractivity contribution in [1.82, 2.24) is 10.0 Å². The third kappa shape index (κ3) is 4.07. The zero-order chi connectivity index (χ0) is 16.2. The Morgan fingerprint density at radius 2 is 1.86 bits per heavy atom. The monoisotopic (exact) mass is 320 g/mol. The molecule has 118 valence electrons. The van der Waals surface area contributed by atoms with Gasteiger partial charge in [-0.15, -0.1) is 0 Å². The van der Waals surface area contributed by atoms with Gasteiger partial charge in [0.1, 0.15) is 5.75 Å². The summed E-state index contributed by atoms with van der Waals surface area (Å²) in [6.45, 7) is 2.55. The zero-order valence-corrected chi connectivity index (χ0v) is 13.4. The van der Waals surface area contributed by atoms with Crippen LogP contribution in [0, 0.1) is 0 Å². The summed E-state index contributed by atoms with van der Waals surface area (Å²) >= 11 is 0. The Hall–Kier alpha value is -1.89. The van der Waals surface area contributed by atoms with E-state index in [4.69, 9.17) is 0 Å². The standard InChI is InChI=1S/C16H20N2O3S/c1-12(18-11-13-5-3-7-15(19)9-13)14-6-4-8-16(10-14)22(20,21)17-2/h3-10,12,17-19H,11H2,1-2H3/t12-/m0/s1. The topological polar surface area (TPSA) is 78.4 Å². The summed E-state index contributed by atoms with van der Waals surface area (Å²) in [5.74, 6) is 0.231. The highest BCUT2D eigenvalue weighted by molar-refractivity contribution is 7.89. The molecule has 0 spiro atoms. The van der Waals surface area contributed by atoms with Crippen LogP contribution >= 0.6 is 0 Å². The van der Waals surface area contributed by atoms with Crippen LogP contribution in [0.25, 0.3) is 0 Å². The van der Waals surface area contributed by atoms with Gasteiger partial charge in [-0.25, -0.2) is 13.1 Å². The molecule has 0 radical (unpaired) electrons. The van der Waals surface area contributed by atoms with Crippen molar-refractivity contribution in [3.05, 3.63) is 59.7 Å². The SMILES string of the molecule is CNS(=O)(=O)c1cccc([C@H](C)NCc2cccc(O)c2)c1. The van der Waals surface area contributed by atoms with E-state index in [9.17, 15) is 13.5 Å². The van der Waals surface area contributed by atoms with Gasteiger partial charge >= 0.3 is 0 Å². The van der Waals surface area contributed by atoms with Crippen LogP contribution in [0.3, 0.4) is 0 Å². The van der Waals surface area contributed by atoms with Crippen molar-refractivity contribution >= 4 is 10.0 Å². The van der Waals surface area contributed by atoms with Crippen LogP contribution in [0.2, 0.25) is 0 Å². The molecule has 6 heteroatoms. The molecule has 0 aliphatic rings. The lowest BCUT2D eigenvalue weighted by Gasteiger charge is -2.15. The molecule has 0 amide bonds. The third-order valence-corrected chi connectivity index (χ3v) is 4.87. The number of hydrogen-bond acceptors (Lipinski definition) is 4. The average Bonchev–Trinajstić information content (AvgIpc) is 2.53. The molecule has 0 aliphatic heterocycles. The van der Waals surface area contributed by atoms with Crippen molar-refractivity contribution < 1.29 is 13.5 Å². The van der Waals surface area contributed by atoms with Gasteiger partial charge in [0.05, 0.1) is 4.90 Å². The van der Waals surface area contributed by atoms with E-state index in [-0.39, 0.29) is 16.7 Å². The second kappa shape index (κ2) is 6.91. The van der Waals surface area contributed by atoms with E-state index in [0.29, 0.717) is 6.54 Å². The predicted octanol–water partition coefficient (Wildman–Crippen LogP) is 2.15. The van der Waals surface area contributed by atoms with Gasteiger partial charge < -0.3 is 10.4 Å². The Kier molecular flexibility index (Phi) is 5.18. The summed E-state index contributed by atoms with van der Waals surface area (Å²) < 4.78 is 26.0. The molecule has 2 aromatic carbocycles. The van der Waals surface area contributed by atoms with Crippen LogP contribution in [0.5, 0.6) is 5.75 Å². The lowest BCUT2D eigenvalue weighted by Crippen LogP contribution is -2.21. The second-order valence-corrected chi connectivity index (χ2v) is 6.94. The van der Waals surface area contributed by atoms with Crippen LogP contribution < -0.4 is 10.0 Å². The largest absolute Gasteiger partial charge is 0.508 e. The highest BCUT2D eigenvalue weighted by Crippen LogP contribution is 2.18. The first kappa shape index (κ1) is 16.5. The summed E-state index contributed by atoms with van der Waals surface area (Å²) in [5.41, 5.74) is 1.85. The zero-order valence-electron chi connectivity index (χ0n) is 12.6. The van der Waals surface area contributed by atoms with Crippen molar-refractivity contribution in [2.24, 2.45) is 0 Å². The van der Waals surface area contributed by atoms with Crippen LogP contribution in [-0.2, 0) is 16.6 Å². The van der Waals surface area contributed by atoms with Gasteiger partial charge in [0.25, 0.3) is 0 Å². The first-order valence-corrected chi connectivity index (χ1v) is 8.45. The quantitative estimate of drug-likeness (QED) is 0.762. The van der Waals surface area contributed by atoms with Crippen molar-refractivity contribution in [3.8, 4) is 5.75 Å². The van der Waals surface area contributed by atoms with Crippen molar-refractivity contribution in [1.29, 1.82) is 0 Å². The number of benzene rings is 2. The molecule has 3 N–H and O–H groups in total. The minimum atomic E-state index is -3.44. The molecule has 0 saturated carbocycles. The summed E-state index contributed by atoms with van der Waals surface area (Å²) in [6, 6.07) is 13.8. The van der Waals surface area contributed by atoms with Gasteiger partial charge in [-0.3, -0.25) is 0 Å². The van der Waals surface area contributed by atoms with Crippen molar-refractivity contribution in [2.75, 3.05) is 7.05 Å². The molecule has 2 rings (SSSR count). The maximum absolute atomic E-state index is 11.8. The number of hydrogen-bond donors (Lipinski definition) is 3. The van der Waals surface area contributed by atoms with Gasteiger partial charge in [0.15, 0.2) is 0 Å². The van der Waals surface area contributed by atoms with Gasteiger partial charge in [-0.05, 0) is 49.4 Å². The van der Waals surface area contributed by atoms with E-state index < -0.39 is 10.0 Å². The highest BCUT2D eigenvalue weighted by Gasteiger charge is 2.13. The van der Waals surface area contributed by atoms with Crippen LogP contribution in [-0.4, -0.2) is 20.6 Å². The summed E-state index contributed by atoms with van der Waals surface area (Å²) in [7, 11) is -2.04. The Morgan fingerprint density at radius 1 is 1.14 bits per heavy atom. The minimum absolute atomic E-state index is 0.0191. The number of sulfonamides is 1. The lowest BCUT2D eigenvalue weighted by molar-refractivity contribution is 0.473. The second-order valence-electron chi connectivity index (χ2n) is 5.05. The molecular formula is C16H20N2O3S. The van der Waals surface area contributed by atoms with E-state index >= 15 is 0 Å². The lowest BCUT2D eigenvalue weighted by atomic mass is 10.1. The van der Waals surface area contributed by atoms with Crippen LogP contribution in [0.1, 0.15) is 24.1 Å². The van der Waals surface area contributed by atoms with Crippen LogP contribution in [0.4, 0.5) is 0 Å². The smallest absolute Gasteiger partial charge is 0.240 e. The third-order valence-electron chi connectivity index (χ3n) is 3.46. The number of phenols is 1. The molecule has 0 aliphatic carbocycles. The first-order valence-electron chi connectivity index (χ1n) is 6.97. The normalized spacial score (nSPS) is 13.0. The Labute approximate surface area is 131 Å². The number of phenolic OH excluding ortho intramolecular Hbond substituents is 1. The fraction of sp³-hybridized carbons (Fsp3) is 0.250. The molecule has 0 bridgehead atoms. The molecule has 5 nitrogen and oxygen atoms in total. The summed E-state index contributed by atoms with van der Waals surface area (Å²) in [4.78, 5) is 0.249. The number of rotatable bonds is 6. The maximum atomic E-state index is 11.8. The highest BCUT2D eigenvalue weighted by atomic mass is 32.2. The van der Waals surface area contributed by atoms with Crippen LogP contribution in [0.15, 0.2) is 53.4 Å². The molecule has 0 aromatic heterocycles. The average molecular weight is 320 g/mol. The van der Waals surface area contributed by atoms with Gasteiger partial charge in [0, 0.05) is 12.6 Å². The predicted molar refractivity (Wildman–Crippen MR) is 86.0 cm³/mol. The van der Waals surface area contributed by atoms with E-state index in [1.807, 2.05) is 19.1 Å². The van der Waals surface area contributed by atoms with E-state index in [1.165, 1.54) is 7.05 Å². The first-order chi connectivity index (χ1) is 10.4. The Morgan fingerprint density at radius 3 is 2.55 bits per heavy atom. The molecule has 22 heavy (non-hydrogen) atoms. The maximum Gasteiger partial charge on any atom is 0.240 e. The van der Waals surface area contributed by atoms with Crippen molar-refractivity contribution in [3.63, 3.8) is 0 Å². The molecule has 0 saturated heterocycles. The molecular weight excluding hydrogens is 300 g/mol. The van der Waals surface area contributed by atoms with Gasteiger partial charge in [0.2, 0.25) is 10.0 Å². The summed E-state index contributed by atoms with van der Waals surface area (Å²) in [5, 5.41) is 12.8. The minimum Gasteiger partial charge on any atom is -0.508 e. The molecule has 1 atom stereocenters. The Bertz CT molecular complexity index is 745. The fourth-order valence-corrected chi connectivity index (χ4v) is 2.91. The van der Waals surface area contributed by atoms with Gasteiger partial charge in [-0.2, -0.15) is 0 Å². The molecule has 0 heterocycles. The van der Waals surface area contributed by atoms with E-state index in [2.05, 4.69) is 10.0 Å².